The van der Waals surface area contributed by atoms with Gasteiger partial charge in [0, 0.05) is 13.0 Å². The summed E-state index contributed by atoms with van der Waals surface area (Å²) >= 11 is 0. The van der Waals surface area contributed by atoms with Gasteiger partial charge in [0.15, 0.2) is 0 Å². The monoisotopic (exact) mass is 229 g/mol. The lowest BCUT2D eigenvalue weighted by Crippen LogP contribution is -2.46. The second kappa shape index (κ2) is 7.25. The number of nitrogens with zero attached hydrogens (tertiary/aromatic N) is 1. The van der Waals surface area contributed by atoms with Crippen molar-refractivity contribution in [3.05, 3.63) is 0 Å². The van der Waals surface area contributed by atoms with Crippen LogP contribution in [0.15, 0.2) is 0 Å². The summed E-state index contributed by atoms with van der Waals surface area (Å²) < 4.78 is 12.0. The SMILES string of the molecule is CCCCOC1(OCCCC)CCCN1C. The second-order valence-electron chi connectivity index (χ2n) is 4.64. The van der Waals surface area contributed by atoms with Gasteiger partial charge in [-0.25, -0.2) is 0 Å². The Labute approximate surface area is 100 Å². The van der Waals surface area contributed by atoms with Crippen LogP contribution in [0.5, 0.6) is 0 Å². The molecule has 0 aliphatic carbocycles. The fraction of sp³-hybridized carbons (Fsp3) is 1.00. The Kier molecular flexibility index (Phi) is 6.32. The maximum absolute atomic E-state index is 5.99. The zero-order valence-electron chi connectivity index (χ0n) is 11.1. The van der Waals surface area contributed by atoms with Crippen molar-refractivity contribution in [2.45, 2.75) is 58.3 Å². The van der Waals surface area contributed by atoms with E-state index in [1.165, 1.54) is 19.3 Å². The van der Waals surface area contributed by atoms with E-state index in [4.69, 9.17) is 9.47 Å². The molecule has 0 N–H and O–H groups in total. The van der Waals surface area contributed by atoms with Gasteiger partial charge in [-0.15, -0.1) is 0 Å². The van der Waals surface area contributed by atoms with Gasteiger partial charge >= 0.3 is 0 Å². The summed E-state index contributed by atoms with van der Waals surface area (Å²) in [6.07, 6.45) is 6.77. The first kappa shape index (κ1) is 13.9. The molecule has 0 bridgehead atoms. The lowest BCUT2D eigenvalue weighted by atomic mass is 10.3. The van der Waals surface area contributed by atoms with Crippen molar-refractivity contribution in [1.29, 1.82) is 0 Å². The molecule has 0 aromatic carbocycles. The molecule has 3 nitrogen and oxygen atoms in total. The van der Waals surface area contributed by atoms with Crippen LogP contribution in [0.4, 0.5) is 0 Å². The highest BCUT2D eigenvalue weighted by Gasteiger charge is 2.40. The van der Waals surface area contributed by atoms with Crippen molar-refractivity contribution in [3.8, 4) is 0 Å². The van der Waals surface area contributed by atoms with Crippen LogP contribution < -0.4 is 0 Å². The number of rotatable bonds is 8. The number of likely N-dealkylation sites (tertiary alicyclic amines) is 1. The molecule has 1 saturated heterocycles. The molecule has 0 unspecified atom stereocenters. The van der Waals surface area contributed by atoms with Gasteiger partial charge in [0.2, 0.25) is 5.91 Å². The van der Waals surface area contributed by atoms with E-state index < -0.39 is 5.91 Å². The summed E-state index contributed by atoms with van der Waals surface area (Å²) in [7, 11) is 2.10. The van der Waals surface area contributed by atoms with Gasteiger partial charge in [-0.05, 0) is 26.3 Å². The number of hydrogen-bond acceptors (Lipinski definition) is 3. The molecule has 16 heavy (non-hydrogen) atoms. The van der Waals surface area contributed by atoms with Crippen LogP contribution in [0.25, 0.3) is 0 Å². The first-order valence-electron chi connectivity index (χ1n) is 6.74. The third-order valence-corrected chi connectivity index (χ3v) is 3.22. The minimum atomic E-state index is -0.412. The van der Waals surface area contributed by atoms with Gasteiger partial charge in [-0.2, -0.15) is 0 Å². The molecule has 0 radical (unpaired) electrons. The van der Waals surface area contributed by atoms with Gasteiger partial charge in [0.25, 0.3) is 0 Å². The third-order valence-electron chi connectivity index (χ3n) is 3.22. The van der Waals surface area contributed by atoms with Crippen molar-refractivity contribution < 1.29 is 9.47 Å². The van der Waals surface area contributed by atoms with Crippen LogP contribution in [-0.2, 0) is 9.47 Å². The Balaban J connectivity index is 2.40. The highest BCUT2D eigenvalue weighted by atomic mass is 16.7. The third kappa shape index (κ3) is 3.72. The van der Waals surface area contributed by atoms with E-state index in [-0.39, 0.29) is 0 Å². The zero-order valence-corrected chi connectivity index (χ0v) is 11.1. The molecule has 96 valence electrons. The Bertz CT molecular complexity index is 175. The lowest BCUT2D eigenvalue weighted by molar-refractivity contribution is -0.298. The highest BCUT2D eigenvalue weighted by molar-refractivity contribution is 4.77. The summed E-state index contributed by atoms with van der Waals surface area (Å²) in [4.78, 5) is 2.22. The maximum atomic E-state index is 5.99. The molecule has 0 aromatic rings. The largest absolute Gasteiger partial charge is 0.337 e. The maximum Gasteiger partial charge on any atom is 0.229 e. The minimum absolute atomic E-state index is 0.412. The quantitative estimate of drug-likeness (QED) is 0.472. The van der Waals surface area contributed by atoms with Crippen LogP contribution in [0.2, 0.25) is 0 Å². The summed E-state index contributed by atoms with van der Waals surface area (Å²) in [6, 6.07) is 0. The number of unbranched alkanes of at least 4 members (excludes halogenated alkanes) is 2. The summed E-state index contributed by atoms with van der Waals surface area (Å²) in [6.45, 7) is 7.08. The fourth-order valence-electron chi connectivity index (χ4n) is 2.06. The molecule has 1 aliphatic heterocycles. The van der Waals surface area contributed by atoms with Gasteiger partial charge in [-0.1, -0.05) is 26.7 Å². The molecule has 1 rings (SSSR count). The predicted molar refractivity (Wildman–Crippen MR) is 66.3 cm³/mol. The van der Waals surface area contributed by atoms with E-state index in [2.05, 4.69) is 25.8 Å². The minimum Gasteiger partial charge on any atom is -0.337 e. The van der Waals surface area contributed by atoms with E-state index in [1.807, 2.05) is 0 Å². The highest BCUT2D eigenvalue weighted by Crippen LogP contribution is 2.30. The van der Waals surface area contributed by atoms with Crippen molar-refractivity contribution in [2.24, 2.45) is 0 Å². The molecule has 0 aromatic heterocycles. The first-order chi connectivity index (χ1) is 7.75. The molecule has 0 saturated carbocycles. The van der Waals surface area contributed by atoms with Crippen LogP contribution >= 0.6 is 0 Å². The molecular weight excluding hydrogens is 202 g/mol. The molecular formula is C13H27NO2. The van der Waals surface area contributed by atoms with Gasteiger partial charge < -0.3 is 9.47 Å². The molecule has 1 fully saturated rings. The lowest BCUT2D eigenvalue weighted by Gasteiger charge is -2.35. The summed E-state index contributed by atoms with van der Waals surface area (Å²) in [5.41, 5.74) is 0. The number of ether oxygens (including phenoxy) is 2. The Morgan fingerprint density at radius 3 is 2.00 bits per heavy atom. The Morgan fingerprint density at radius 1 is 1.06 bits per heavy atom. The average molecular weight is 229 g/mol. The van der Waals surface area contributed by atoms with E-state index in [0.29, 0.717) is 0 Å². The van der Waals surface area contributed by atoms with Crippen molar-refractivity contribution in [1.82, 2.24) is 4.90 Å². The van der Waals surface area contributed by atoms with Gasteiger partial charge in [0.1, 0.15) is 0 Å². The smallest absolute Gasteiger partial charge is 0.229 e. The average Bonchev–Trinajstić information content (AvgIpc) is 2.62. The summed E-state index contributed by atoms with van der Waals surface area (Å²) in [5, 5.41) is 0. The van der Waals surface area contributed by atoms with E-state index >= 15 is 0 Å². The van der Waals surface area contributed by atoms with Gasteiger partial charge in [-0.3, -0.25) is 4.90 Å². The molecule has 0 spiro atoms. The molecule has 3 heteroatoms. The molecule has 1 heterocycles. The topological polar surface area (TPSA) is 21.7 Å². The normalized spacial score (nSPS) is 20.4. The van der Waals surface area contributed by atoms with Crippen LogP contribution in [0, 0.1) is 0 Å². The Hall–Kier alpha value is -0.120. The Morgan fingerprint density at radius 2 is 1.62 bits per heavy atom. The van der Waals surface area contributed by atoms with Crippen molar-refractivity contribution in [3.63, 3.8) is 0 Å². The van der Waals surface area contributed by atoms with E-state index in [0.717, 1.165) is 39.0 Å². The molecule has 1 aliphatic rings. The number of hydrogen-bond donors (Lipinski definition) is 0. The standard InChI is InChI=1S/C13H27NO2/c1-4-6-11-15-13(16-12-7-5-2)9-8-10-14(13)3/h4-12H2,1-3H3. The predicted octanol–water partition coefficient (Wildman–Crippen LogP) is 3.00. The van der Waals surface area contributed by atoms with Crippen molar-refractivity contribution in [2.75, 3.05) is 26.8 Å². The zero-order chi connectivity index (χ0) is 11.9. The van der Waals surface area contributed by atoms with Crippen molar-refractivity contribution >= 4 is 0 Å². The molecule has 0 atom stereocenters. The van der Waals surface area contributed by atoms with E-state index in [9.17, 15) is 0 Å². The first-order valence-corrected chi connectivity index (χ1v) is 6.74. The second-order valence-corrected chi connectivity index (χ2v) is 4.64. The molecule has 0 amide bonds. The van der Waals surface area contributed by atoms with Crippen LogP contribution in [0.3, 0.4) is 0 Å². The van der Waals surface area contributed by atoms with Crippen LogP contribution in [-0.4, -0.2) is 37.6 Å². The summed E-state index contributed by atoms with van der Waals surface area (Å²) in [5.74, 6) is -0.412. The van der Waals surface area contributed by atoms with Crippen LogP contribution in [0.1, 0.15) is 52.4 Å². The fourth-order valence-corrected chi connectivity index (χ4v) is 2.06. The van der Waals surface area contributed by atoms with Gasteiger partial charge in [0.05, 0.1) is 13.2 Å². The van der Waals surface area contributed by atoms with E-state index in [1.54, 1.807) is 0 Å².